The van der Waals surface area contributed by atoms with E-state index in [9.17, 15) is 4.79 Å². The van der Waals surface area contributed by atoms with Crippen LogP contribution in [0.2, 0.25) is 5.02 Å². The van der Waals surface area contributed by atoms with Crippen LogP contribution in [-0.2, 0) is 4.79 Å². The Balaban J connectivity index is 1.60. The molecule has 1 aliphatic rings. The van der Waals surface area contributed by atoms with Gasteiger partial charge in [0.25, 0.3) is 0 Å². The summed E-state index contributed by atoms with van der Waals surface area (Å²) in [6.07, 6.45) is 3.04. The van der Waals surface area contributed by atoms with E-state index in [4.69, 9.17) is 11.6 Å². The van der Waals surface area contributed by atoms with Gasteiger partial charge >= 0.3 is 0 Å². The van der Waals surface area contributed by atoms with Crippen molar-refractivity contribution in [2.45, 2.75) is 31.1 Å². The van der Waals surface area contributed by atoms with E-state index in [1.807, 2.05) is 24.3 Å². The Bertz CT molecular complexity index is 460. The van der Waals surface area contributed by atoms with Crippen LogP contribution in [0.1, 0.15) is 26.2 Å². The van der Waals surface area contributed by atoms with Crippen LogP contribution in [0.25, 0.3) is 0 Å². The monoisotopic (exact) mass is 340 g/mol. The predicted octanol–water partition coefficient (Wildman–Crippen LogP) is 3.57. The number of hydrogen-bond acceptors (Lipinski definition) is 3. The summed E-state index contributed by atoms with van der Waals surface area (Å²) in [5.41, 5.74) is 0. The Morgan fingerprint density at radius 3 is 2.73 bits per heavy atom. The molecule has 5 heteroatoms. The molecule has 0 bridgehead atoms. The summed E-state index contributed by atoms with van der Waals surface area (Å²) in [5, 5.41) is 7.16. The fourth-order valence-electron chi connectivity index (χ4n) is 2.83. The topological polar surface area (TPSA) is 41.1 Å². The number of thioether (sulfide) groups is 1. The highest BCUT2D eigenvalue weighted by Crippen LogP contribution is 2.24. The fraction of sp³-hybridized carbons (Fsp3) is 0.588. The molecule has 3 nitrogen and oxygen atoms in total. The molecule has 22 heavy (non-hydrogen) atoms. The molecule has 1 atom stereocenters. The van der Waals surface area contributed by atoms with Crippen LogP contribution >= 0.6 is 23.4 Å². The zero-order chi connectivity index (χ0) is 15.8. The van der Waals surface area contributed by atoms with E-state index in [1.54, 1.807) is 11.8 Å². The molecule has 1 heterocycles. The Hall–Kier alpha value is -0.710. The minimum atomic E-state index is 0.183. The van der Waals surface area contributed by atoms with E-state index in [0.717, 1.165) is 23.9 Å². The first-order valence-electron chi connectivity index (χ1n) is 8.01. The molecule has 0 aliphatic carbocycles. The quantitative estimate of drug-likeness (QED) is 0.589. The molecule has 1 aromatic rings. The summed E-state index contributed by atoms with van der Waals surface area (Å²) in [4.78, 5) is 13.2. The number of piperidine rings is 1. The van der Waals surface area contributed by atoms with E-state index in [-0.39, 0.29) is 5.91 Å². The molecule has 122 valence electrons. The first-order chi connectivity index (χ1) is 10.6. The van der Waals surface area contributed by atoms with E-state index < -0.39 is 0 Å². The van der Waals surface area contributed by atoms with Gasteiger partial charge in [0.15, 0.2) is 0 Å². The predicted molar refractivity (Wildman–Crippen MR) is 94.6 cm³/mol. The number of carbonyl (C=O) groups is 1. The van der Waals surface area contributed by atoms with E-state index in [2.05, 4.69) is 17.6 Å². The Kier molecular flexibility index (Phi) is 7.56. The molecule has 1 aromatic carbocycles. The van der Waals surface area contributed by atoms with Crippen molar-refractivity contribution in [3.05, 3.63) is 29.3 Å². The fourth-order valence-corrected chi connectivity index (χ4v) is 3.73. The number of hydrogen-bond donors (Lipinski definition) is 2. The van der Waals surface area contributed by atoms with Crippen molar-refractivity contribution in [3.63, 3.8) is 0 Å². The van der Waals surface area contributed by atoms with Crippen LogP contribution < -0.4 is 10.6 Å². The van der Waals surface area contributed by atoms with Crippen molar-refractivity contribution in [1.82, 2.24) is 10.6 Å². The molecule has 0 aromatic heterocycles. The molecule has 2 N–H and O–H groups in total. The molecule has 1 aliphatic heterocycles. The van der Waals surface area contributed by atoms with Crippen molar-refractivity contribution in [1.29, 1.82) is 0 Å². The largest absolute Gasteiger partial charge is 0.355 e. The standard InChI is InChI=1S/C17H25ClN2OS/c1-13(14-6-8-19-9-7-14)12-17(21)20-10-11-22-16-4-2-15(18)3-5-16/h2-5,13-14,19H,6-12H2,1H3,(H,20,21). The van der Waals surface area contributed by atoms with Crippen LogP contribution in [0.3, 0.4) is 0 Å². The average Bonchev–Trinajstić information content (AvgIpc) is 2.54. The highest BCUT2D eigenvalue weighted by atomic mass is 35.5. The van der Waals surface area contributed by atoms with Gasteiger partial charge in [-0.15, -0.1) is 11.8 Å². The van der Waals surface area contributed by atoms with Crippen LogP contribution in [-0.4, -0.2) is 31.3 Å². The molecule has 1 saturated heterocycles. The number of benzene rings is 1. The maximum Gasteiger partial charge on any atom is 0.220 e. The summed E-state index contributed by atoms with van der Waals surface area (Å²) in [7, 11) is 0. The maximum absolute atomic E-state index is 12.0. The van der Waals surface area contributed by atoms with Gasteiger partial charge in [-0.05, 0) is 62.0 Å². The lowest BCUT2D eigenvalue weighted by Crippen LogP contribution is -2.34. The second kappa shape index (κ2) is 9.43. The third-order valence-corrected chi connectivity index (χ3v) is 5.47. The number of amides is 1. The second-order valence-corrected chi connectivity index (χ2v) is 7.53. The number of nitrogens with one attached hydrogen (secondary N) is 2. The molecule has 1 fully saturated rings. The lowest BCUT2D eigenvalue weighted by atomic mass is 9.84. The van der Waals surface area contributed by atoms with Gasteiger partial charge in [0.05, 0.1) is 0 Å². The summed E-state index contributed by atoms with van der Waals surface area (Å²) in [5.74, 6) is 2.24. The van der Waals surface area contributed by atoms with Crippen molar-refractivity contribution in [2.75, 3.05) is 25.4 Å². The van der Waals surface area contributed by atoms with Crippen LogP contribution in [0.4, 0.5) is 0 Å². The third kappa shape index (κ3) is 6.19. The third-order valence-electron chi connectivity index (χ3n) is 4.20. The maximum atomic E-state index is 12.0. The molecule has 0 radical (unpaired) electrons. The van der Waals surface area contributed by atoms with Gasteiger partial charge in [-0.25, -0.2) is 0 Å². The number of rotatable bonds is 7. The van der Waals surface area contributed by atoms with Crippen LogP contribution in [0.5, 0.6) is 0 Å². The zero-order valence-corrected chi connectivity index (χ0v) is 14.7. The van der Waals surface area contributed by atoms with E-state index in [1.165, 1.54) is 17.7 Å². The van der Waals surface area contributed by atoms with Gasteiger partial charge in [0.1, 0.15) is 0 Å². The minimum absolute atomic E-state index is 0.183. The zero-order valence-electron chi connectivity index (χ0n) is 13.1. The molecular weight excluding hydrogens is 316 g/mol. The summed E-state index contributed by atoms with van der Waals surface area (Å²) < 4.78 is 0. The number of carbonyl (C=O) groups excluding carboxylic acids is 1. The van der Waals surface area contributed by atoms with Gasteiger partial charge in [0, 0.05) is 28.6 Å². The normalized spacial score (nSPS) is 17.2. The average molecular weight is 341 g/mol. The first-order valence-corrected chi connectivity index (χ1v) is 9.37. The van der Waals surface area contributed by atoms with Gasteiger partial charge in [0.2, 0.25) is 5.91 Å². The Morgan fingerprint density at radius 1 is 1.36 bits per heavy atom. The Labute approximate surface area is 142 Å². The molecule has 0 saturated carbocycles. The molecular formula is C17H25ClN2OS. The highest BCUT2D eigenvalue weighted by Gasteiger charge is 2.21. The molecule has 1 amide bonds. The minimum Gasteiger partial charge on any atom is -0.355 e. The van der Waals surface area contributed by atoms with Gasteiger partial charge < -0.3 is 10.6 Å². The van der Waals surface area contributed by atoms with Gasteiger partial charge in [-0.3, -0.25) is 4.79 Å². The summed E-state index contributed by atoms with van der Waals surface area (Å²) >= 11 is 7.59. The van der Waals surface area contributed by atoms with E-state index >= 15 is 0 Å². The van der Waals surface area contributed by atoms with Crippen LogP contribution in [0.15, 0.2) is 29.2 Å². The summed E-state index contributed by atoms with van der Waals surface area (Å²) in [6.45, 7) is 5.10. The van der Waals surface area contributed by atoms with Gasteiger partial charge in [-0.1, -0.05) is 18.5 Å². The molecule has 0 spiro atoms. The molecule has 1 unspecified atom stereocenters. The van der Waals surface area contributed by atoms with Crippen molar-refractivity contribution in [3.8, 4) is 0 Å². The van der Waals surface area contributed by atoms with Crippen molar-refractivity contribution in [2.24, 2.45) is 11.8 Å². The smallest absolute Gasteiger partial charge is 0.220 e. The summed E-state index contributed by atoms with van der Waals surface area (Å²) in [6, 6.07) is 7.80. The SMILES string of the molecule is CC(CC(=O)NCCSc1ccc(Cl)cc1)C1CCNCC1. The van der Waals surface area contributed by atoms with Gasteiger partial charge in [-0.2, -0.15) is 0 Å². The van der Waals surface area contributed by atoms with E-state index in [0.29, 0.717) is 24.8 Å². The lowest BCUT2D eigenvalue weighted by molar-refractivity contribution is -0.122. The van der Waals surface area contributed by atoms with Crippen LogP contribution in [0, 0.1) is 11.8 Å². The van der Waals surface area contributed by atoms with Crippen molar-refractivity contribution < 1.29 is 4.79 Å². The molecule has 2 rings (SSSR count). The van der Waals surface area contributed by atoms with Crippen molar-refractivity contribution >= 4 is 29.3 Å². The first kappa shape index (κ1) is 17.6. The highest BCUT2D eigenvalue weighted by molar-refractivity contribution is 7.99. The lowest BCUT2D eigenvalue weighted by Gasteiger charge is -2.27. The number of halogens is 1. The second-order valence-electron chi connectivity index (χ2n) is 5.92. The Morgan fingerprint density at radius 2 is 2.05 bits per heavy atom.